The average molecular weight is 255 g/mol. The van der Waals surface area contributed by atoms with Crippen molar-refractivity contribution >= 4 is 22.5 Å². The summed E-state index contributed by atoms with van der Waals surface area (Å²) in [6.45, 7) is 0. The molecule has 6 heteroatoms. The number of hydrogen-bond donors (Lipinski definition) is 1. The molecule has 0 aliphatic heterocycles. The second kappa shape index (κ2) is 3.43. The zero-order chi connectivity index (χ0) is 12.2. The number of aromatic nitrogens is 2. The van der Waals surface area contributed by atoms with Crippen molar-refractivity contribution in [2.24, 2.45) is 0 Å². The highest BCUT2D eigenvalue weighted by Crippen LogP contribution is 2.36. The summed E-state index contributed by atoms with van der Waals surface area (Å²) in [6.07, 6.45) is 1.77. The SMILES string of the molecule is O=c1[nH]c(=O)n(C2CC2)c2ccc(F)c(Cl)c12. The molecule has 4 nitrogen and oxygen atoms in total. The minimum Gasteiger partial charge on any atom is -0.290 e. The molecule has 1 saturated carbocycles. The summed E-state index contributed by atoms with van der Waals surface area (Å²) in [5.41, 5.74) is -0.716. The molecule has 1 aliphatic carbocycles. The average Bonchev–Trinajstić information content (AvgIpc) is 3.07. The van der Waals surface area contributed by atoms with Gasteiger partial charge in [0.15, 0.2) is 0 Å². The van der Waals surface area contributed by atoms with Crippen LogP contribution < -0.4 is 11.2 Å². The molecule has 17 heavy (non-hydrogen) atoms. The minimum absolute atomic E-state index is 0.0400. The number of fused-ring (bicyclic) bond motifs is 1. The van der Waals surface area contributed by atoms with Crippen molar-refractivity contribution in [3.63, 3.8) is 0 Å². The molecule has 88 valence electrons. The predicted octanol–water partition coefficient (Wildman–Crippen LogP) is 1.82. The van der Waals surface area contributed by atoms with E-state index >= 15 is 0 Å². The zero-order valence-electron chi connectivity index (χ0n) is 8.67. The van der Waals surface area contributed by atoms with Gasteiger partial charge in [-0.1, -0.05) is 11.6 Å². The van der Waals surface area contributed by atoms with E-state index in [-0.39, 0.29) is 16.5 Å². The van der Waals surface area contributed by atoms with E-state index in [1.807, 2.05) is 0 Å². The lowest BCUT2D eigenvalue weighted by Crippen LogP contribution is -2.30. The Hall–Kier alpha value is -1.62. The van der Waals surface area contributed by atoms with Crippen LogP contribution in [0.3, 0.4) is 0 Å². The summed E-state index contributed by atoms with van der Waals surface area (Å²) >= 11 is 5.77. The number of halogens is 2. The minimum atomic E-state index is -0.661. The molecule has 1 heterocycles. The van der Waals surface area contributed by atoms with Crippen LogP contribution in [0.15, 0.2) is 21.7 Å². The van der Waals surface area contributed by atoms with Crippen LogP contribution in [-0.2, 0) is 0 Å². The number of rotatable bonds is 1. The Kier molecular flexibility index (Phi) is 2.13. The van der Waals surface area contributed by atoms with E-state index in [1.54, 1.807) is 0 Å². The maximum Gasteiger partial charge on any atom is 0.329 e. The van der Waals surface area contributed by atoms with Gasteiger partial charge in [-0.25, -0.2) is 9.18 Å². The Labute approximate surface area is 99.6 Å². The van der Waals surface area contributed by atoms with Crippen LogP contribution in [0.1, 0.15) is 18.9 Å². The van der Waals surface area contributed by atoms with Crippen LogP contribution in [0.25, 0.3) is 10.9 Å². The molecule has 3 rings (SSSR count). The molecule has 0 spiro atoms. The van der Waals surface area contributed by atoms with Crippen molar-refractivity contribution in [2.45, 2.75) is 18.9 Å². The Bertz CT molecular complexity index is 731. The maximum absolute atomic E-state index is 13.3. The summed E-state index contributed by atoms with van der Waals surface area (Å²) in [5, 5.41) is -0.198. The number of aromatic amines is 1. The van der Waals surface area contributed by atoms with Crippen LogP contribution in [0, 0.1) is 5.82 Å². The Balaban J connectivity index is 2.54. The summed E-state index contributed by atoms with van der Waals surface area (Å²) in [5.74, 6) is -0.661. The smallest absolute Gasteiger partial charge is 0.290 e. The summed E-state index contributed by atoms with van der Waals surface area (Å²) in [7, 11) is 0. The third-order valence-corrected chi connectivity index (χ3v) is 3.28. The molecule has 1 aromatic carbocycles. The van der Waals surface area contributed by atoms with Gasteiger partial charge in [-0.3, -0.25) is 14.3 Å². The Morgan fingerprint density at radius 1 is 1.35 bits per heavy atom. The van der Waals surface area contributed by atoms with E-state index in [2.05, 4.69) is 4.98 Å². The van der Waals surface area contributed by atoms with Gasteiger partial charge in [0, 0.05) is 6.04 Å². The Morgan fingerprint density at radius 2 is 2.06 bits per heavy atom. The van der Waals surface area contributed by atoms with Gasteiger partial charge in [0.1, 0.15) is 5.82 Å². The number of benzene rings is 1. The molecule has 0 atom stereocenters. The van der Waals surface area contributed by atoms with Crippen molar-refractivity contribution in [2.75, 3.05) is 0 Å². The zero-order valence-corrected chi connectivity index (χ0v) is 9.42. The van der Waals surface area contributed by atoms with Gasteiger partial charge in [-0.05, 0) is 25.0 Å². The second-order valence-corrected chi connectivity index (χ2v) is 4.49. The molecule has 1 aliphatic rings. The standard InChI is InChI=1S/C11H8ClFN2O2/c12-9-6(13)3-4-7-8(9)10(16)14-11(17)15(7)5-1-2-5/h3-5H,1-2H2,(H,14,16,17). The summed E-state index contributed by atoms with van der Waals surface area (Å²) in [4.78, 5) is 25.5. The molecule has 1 aromatic heterocycles. The van der Waals surface area contributed by atoms with E-state index in [0.717, 1.165) is 12.8 Å². The summed E-state index contributed by atoms with van der Waals surface area (Å²) in [6, 6.07) is 2.68. The van der Waals surface area contributed by atoms with Crippen molar-refractivity contribution in [1.29, 1.82) is 0 Å². The molecule has 1 fully saturated rings. The van der Waals surface area contributed by atoms with Gasteiger partial charge in [0.05, 0.1) is 15.9 Å². The molecule has 0 unspecified atom stereocenters. The van der Waals surface area contributed by atoms with Crippen LogP contribution >= 0.6 is 11.6 Å². The molecule has 1 N–H and O–H groups in total. The van der Waals surface area contributed by atoms with E-state index in [1.165, 1.54) is 16.7 Å². The molecule has 0 bridgehead atoms. The second-order valence-electron chi connectivity index (χ2n) is 4.12. The van der Waals surface area contributed by atoms with Crippen LogP contribution in [0.5, 0.6) is 0 Å². The number of H-pyrrole nitrogens is 1. The third kappa shape index (κ3) is 1.50. The molecule has 0 saturated heterocycles. The van der Waals surface area contributed by atoms with Crippen molar-refractivity contribution in [3.05, 3.63) is 43.8 Å². The van der Waals surface area contributed by atoms with Crippen LogP contribution in [-0.4, -0.2) is 9.55 Å². The highest BCUT2D eigenvalue weighted by Gasteiger charge is 2.27. The number of nitrogens with zero attached hydrogens (tertiary/aromatic N) is 1. The monoisotopic (exact) mass is 254 g/mol. The van der Waals surface area contributed by atoms with Gasteiger partial charge in [0.25, 0.3) is 5.56 Å². The fraction of sp³-hybridized carbons (Fsp3) is 0.273. The highest BCUT2D eigenvalue weighted by atomic mass is 35.5. The summed E-state index contributed by atoms with van der Waals surface area (Å²) < 4.78 is 14.8. The first-order chi connectivity index (χ1) is 8.09. The van der Waals surface area contributed by atoms with Gasteiger partial charge < -0.3 is 0 Å². The van der Waals surface area contributed by atoms with Crippen LogP contribution in [0.2, 0.25) is 5.02 Å². The van der Waals surface area contributed by atoms with Gasteiger partial charge in [-0.15, -0.1) is 0 Å². The molecular formula is C11H8ClFN2O2. The maximum atomic E-state index is 13.3. The van der Waals surface area contributed by atoms with Gasteiger partial charge in [-0.2, -0.15) is 0 Å². The van der Waals surface area contributed by atoms with E-state index in [9.17, 15) is 14.0 Å². The Morgan fingerprint density at radius 3 is 2.71 bits per heavy atom. The van der Waals surface area contributed by atoms with Crippen molar-refractivity contribution in [3.8, 4) is 0 Å². The molecule has 0 radical (unpaired) electrons. The highest BCUT2D eigenvalue weighted by molar-refractivity contribution is 6.35. The quantitative estimate of drug-likeness (QED) is 0.844. The van der Waals surface area contributed by atoms with E-state index in [0.29, 0.717) is 5.52 Å². The van der Waals surface area contributed by atoms with E-state index in [4.69, 9.17) is 11.6 Å². The molecule has 2 aromatic rings. The lowest BCUT2D eigenvalue weighted by molar-refractivity contribution is 0.628. The fourth-order valence-electron chi connectivity index (χ4n) is 1.98. The topological polar surface area (TPSA) is 54.9 Å². The number of hydrogen-bond acceptors (Lipinski definition) is 2. The fourth-order valence-corrected chi connectivity index (χ4v) is 2.23. The lowest BCUT2D eigenvalue weighted by atomic mass is 10.2. The first-order valence-corrected chi connectivity index (χ1v) is 5.60. The van der Waals surface area contributed by atoms with E-state index < -0.39 is 17.1 Å². The van der Waals surface area contributed by atoms with Crippen molar-refractivity contribution in [1.82, 2.24) is 9.55 Å². The lowest BCUT2D eigenvalue weighted by Gasteiger charge is -2.08. The van der Waals surface area contributed by atoms with Gasteiger partial charge in [0.2, 0.25) is 0 Å². The largest absolute Gasteiger partial charge is 0.329 e. The normalized spacial score (nSPS) is 15.4. The third-order valence-electron chi connectivity index (χ3n) is 2.91. The molecule has 0 amide bonds. The van der Waals surface area contributed by atoms with Gasteiger partial charge >= 0.3 is 5.69 Å². The van der Waals surface area contributed by atoms with Crippen LogP contribution in [0.4, 0.5) is 4.39 Å². The first kappa shape index (κ1) is 10.5. The van der Waals surface area contributed by atoms with Crippen molar-refractivity contribution < 1.29 is 4.39 Å². The number of nitrogens with one attached hydrogen (secondary N) is 1. The predicted molar refractivity (Wildman–Crippen MR) is 62.1 cm³/mol. The molecular weight excluding hydrogens is 247 g/mol. The first-order valence-electron chi connectivity index (χ1n) is 5.22.